The molecule has 0 saturated heterocycles. The van der Waals surface area contributed by atoms with Crippen molar-refractivity contribution in [2.24, 2.45) is 0 Å². The van der Waals surface area contributed by atoms with Crippen molar-refractivity contribution in [1.29, 1.82) is 0 Å². The van der Waals surface area contributed by atoms with E-state index >= 15 is 0 Å². The summed E-state index contributed by atoms with van der Waals surface area (Å²) in [6.07, 6.45) is 9.85. The van der Waals surface area contributed by atoms with Gasteiger partial charge in [0.2, 0.25) is 0 Å². The number of hydrogen-bond donors (Lipinski definition) is 0. The average Bonchev–Trinajstić information content (AvgIpc) is 2.53. The molecule has 0 fully saturated rings. The maximum absolute atomic E-state index is 12.1. The third kappa shape index (κ3) is 11.7. The molecular formula is C24H50O4Si2. The largest absolute Gasteiger partial charge is 0.519 e. The molecule has 0 amide bonds. The highest BCUT2D eigenvalue weighted by molar-refractivity contribution is 6.75. The first kappa shape index (κ1) is 29.4. The average molecular weight is 459 g/mol. The van der Waals surface area contributed by atoms with E-state index in [0.717, 1.165) is 25.7 Å². The molecule has 0 aromatic carbocycles. The summed E-state index contributed by atoms with van der Waals surface area (Å²) in [5, 5.41) is 0.147. The van der Waals surface area contributed by atoms with Gasteiger partial charge in [0.25, 0.3) is 28.6 Å². The van der Waals surface area contributed by atoms with Crippen LogP contribution in [0, 0.1) is 0 Å². The SMILES string of the molecule is CC(C)(C)[Si](C)(C)OC(=O)CCCCCCCCCCC(=O)O[Si](C)(C)C(C)(C)C. The highest BCUT2D eigenvalue weighted by Crippen LogP contribution is 2.37. The summed E-state index contributed by atoms with van der Waals surface area (Å²) < 4.78 is 11.6. The third-order valence-corrected chi connectivity index (χ3v) is 15.6. The molecule has 0 aliphatic rings. The fraction of sp³-hybridized carbons (Fsp3) is 0.917. The van der Waals surface area contributed by atoms with E-state index in [2.05, 4.69) is 67.7 Å². The van der Waals surface area contributed by atoms with E-state index in [1.807, 2.05) is 0 Å². The first-order valence-corrected chi connectivity index (χ1v) is 17.7. The third-order valence-electron chi connectivity index (χ3n) is 6.86. The van der Waals surface area contributed by atoms with Crippen LogP contribution >= 0.6 is 0 Å². The molecule has 4 nitrogen and oxygen atoms in total. The molecule has 0 heterocycles. The maximum Gasteiger partial charge on any atom is 0.292 e. The van der Waals surface area contributed by atoms with E-state index in [-0.39, 0.29) is 22.0 Å². The highest BCUT2D eigenvalue weighted by atomic mass is 28.4. The van der Waals surface area contributed by atoms with Crippen LogP contribution in [-0.2, 0) is 18.4 Å². The van der Waals surface area contributed by atoms with Crippen LogP contribution in [-0.4, -0.2) is 28.6 Å². The van der Waals surface area contributed by atoms with Gasteiger partial charge < -0.3 is 8.85 Å². The summed E-state index contributed by atoms with van der Waals surface area (Å²) in [7, 11) is -3.95. The maximum atomic E-state index is 12.1. The van der Waals surface area contributed by atoms with E-state index in [0.29, 0.717) is 12.8 Å². The number of hydrogen-bond acceptors (Lipinski definition) is 4. The zero-order valence-electron chi connectivity index (χ0n) is 21.7. The van der Waals surface area contributed by atoms with E-state index in [9.17, 15) is 9.59 Å². The van der Waals surface area contributed by atoms with Crippen molar-refractivity contribution in [2.75, 3.05) is 0 Å². The lowest BCUT2D eigenvalue weighted by molar-refractivity contribution is -0.136. The molecule has 0 aromatic heterocycles. The topological polar surface area (TPSA) is 52.6 Å². The van der Waals surface area contributed by atoms with Crippen LogP contribution in [0.3, 0.4) is 0 Å². The molecule has 6 heteroatoms. The van der Waals surface area contributed by atoms with E-state index in [1.54, 1.807) is 0 Å². The van der Waals surface area contributed by atoms with Crippen LogP contribution in [0.1, 0.15) is 106 Å². The van der Waals surface area contributed by atoms with Gasteiger partial charge in [-0.15, -0.1) is 0 Å². The van der Waals surface area contributed by atoms with Gasteiger partial charge in [0.1, 0.15) is 0 Å². The molecule has 178 valence electrons. The molecule has 30 heavy (non-hydrogen) atoms. The molecule has 0 aliphatic heterocycles. The van der Waals surface area contributed by atoms with Crippen LogP contribution in [0.25, 0.3) is 0 Å². The number of carbonyl (C=O) groups excluding carboxylic acids is 2. The molecule has 0 rings (SSSR count). The second-order valence-corrected chi connectivity index (χ2v) is 21.2. The molecule has 0 atom stereocenters. The van der Waals surface area contributed by atoms with Crippen LogP contribution < -0.4 is 0 Å². The van der Waals surface area contributed by atoms with Crippen molar-refractivity contribution in [2.45, 2.75) is 142 Å². The van der Waals surface area contributed by atoms with Crippen molar-refractivity contribution in [1.82, 2.24) is 0 Å². The second kappa shape index (κ2) is 12.4. The zero-order chi connectivity index (χ0) is 23.6. The van der Waals surface area contributed by atoms with Crippen LogP contribution in [0.15, 0.2) is 0 Å². The summed E-state index contributed by atoms with van der Waals surface area (Å²) in [4.78, 5) is 24.2. The van der Waals surface area contributed by atoms with Gasteiger partial charge in [-0.2, -0.15) is 0 Å². The van der Waals surface area contributed by atoms with Gasteiger partial charge in [0.15, 0.2) is 0 Å². The van der Waals surface area contributed by atoms with Gasteiger partial charge in [-0.05, 0) is 49.1 Å². The molecular weight excluding hydrogens is 408 g/mol. The number of rotatable bonds is 13. The van der Waals surface area contributed by atoms with Crippen molar-refractivity contribution in [3.63, 3.8) is 0 Å². The molecule has 0 unspecified atom stereocenters. The van der Waals surface area contributed by atoms with E-state index in [4.69, 9.17) is 8.85 Å². The van der Waals surface area contributed by atoms with Gasteiger partial charge in [0.05, 0.1) is 0 Å². The Kier molecular flexibility index (Phi) is 12.2. The normalized spacial score (nSPS) is 13.3. The van der Waals surface area contributed by atoms with Crippen molar-refractivity contribution < 1.29 is 18.4 Å². The van der Waals surface area contributed by atoms with Crippen LogP contribution in [0.2, 0.25) is 36.3 Å². The summed E-state index contributed by atoms with van der Waals surface area (Å²) in [5.74, 6) is -0.0441. The molecule has 0 N–H and O–H groups in total. The van der Waals surface area contributed by atoms with Crippen molar-refractivity contribution >= 4 is 28.6 Å². The highest BCUT2D eigenvalue weighted by Gasteiger charge is 2.41. The first-order valence-electron chi connectivity index (χ1n) is 11.9. The molecule has 0 spiro atoms. The fourth-order valence-electron chi connectivity index (χ4n) is 2.58. The molecule has 0 radical (unpaired) electrons. The zero-order valence-corrected chi connectivity index (χ0v) is 23.7. The van der Waals surface area contributed by atoms with Crippen molar-refractivity contribution in [3.8, 4) is 0 Å². The summed E-state index contributed by atoms with van der Waals surface area (Å²) in [6, 6.07) is 0. The molecule has 0 bridgehead atoms. The summed E-state index contributed by atoms with van der Waals surface area (Å²) in [5.41, 5.74) is 0. The van der Waals surface area contributed by atoms with Gasteiger partial charge in [0, 0.05) is 12.8 Å². The lowest BCUT2D eigenvalue weighted by Crippen LogP contribution is -2.42. The Morgan fingerprint density at radius 3 is 1.00 bits per heavy atom. The molecule has 0 saturated carbocycles. The Hall–Kier alpha value is -0.626. The minimum atomic E-state index is -1.97. The molecule has 0 aliphatic carbocycles. The van der Waals surface area contributed by atoms with Crippen LogP contribution in [0.5, 0.6) is 0 Å². The lowest BCUT2D eigenvalue weighted by atomic mass is 10.1. The Labute approximate surface area is 189 Å². The monoisotopic (exact) mass is 458 g/mol. The second-order valence-electron chi connectivity index (χ2n) is 11.8. The predicted octanol–water partition coefficient (Wildman–Crippen LogP) is 7.98. The van der Waals surface area contributed by atoms with Gasteiger partial charge in [-0.1, -0.05) is 80.1 Å². The Morgan fingerprint density at radius 1 is 0.533 bits per heavy atom. The minimum Gasteiger partial charge on any atom is -0.519 e. The van der Waals surface area contributed by atoms with E-state index in [1.165, 1.54) is 25.7 Å². The minimum absolute atomic E-state index is 0.0221. The smallest absolute Gasteiger partial charge is 0.292 e. The molecule has 0 aromatic rings. The number of carbonyl (C=O) groups is 2. The Morgan fingerprint density at radius 2 is 0.767 bits per heavy atom. The predicted molar refractivity (Wildman–Crippen MR) is 133 cm³/mol. The Balaban J connectivity index is 3.72. The summed E-state index contributed by atoms with van der Waals surface area (Å²) >= 11 is 0. The van der Waals surface area contributed by atoms with Gasteiger partial charge in [-0.3, -0.25) is 9.59 Å². The standard InChI is InChI=1S/C24H50O4Si2/c1-23(2,3)29(7,8)27-21(25)19-17-15-13-11-12-14-16-18-20-22(26)28-30(9,10)24(4,5)6/h11-20H2,1-10H3. The van der Waals surface area contributed by atoms with Gasteiger partial charge in [-0.25, -0.2) is 0 Å². The summed E-state index contributed by atoms with van der Waals surface area (Å²) in [6.45, 7) is 21.4. The quantitative estimate of drug-likeness (QED) is 0.207. The van der Waals surface area contributed by atoms with Crippen molar-refractivity contribution in [3.05, 3.63) is 0 Å². The fourth-order valence-corrected chi connectivity index (χ4v) is 4.53. The number of unbranched alkanes of at least 4 members (excludes halogenated alkanes) is 7. The lowest BCUT2D eigenvalue weighted by Gasteiger charge is -2.35. The van der Waals surface area contributed by atoms with E-state index < -0.39 is 16.6 Å². The Bertz CT molecular complexity index is 480. The van der Waals surface area contributed by atoms with Crippen LogP contribution in [0.4, 0.5) is 0 Å². The first-order chi connectivity index (χ1) is 13.5. The van der Waals surface area contributed by atoms with Gasteiger partial charge >= 0.3 is 0 Å².